The number of nitrogens with zero attached hydrogens (tertiary/aromatic N) is 1. The fourth-order valence-electron chi connectivity index (χ4n) is 1.44. The van der Waals surface area contributed by atoms with Gasteiger partial charge in [-0.05, 0) is 24.1 Å². The molecule has 2 aromatic heterocycles. The molecule has 0 radical (unpaired) electrons. The van der Waals surface area contributed by atoms with Crippen molar-refractivity contribution in [3.05, 3.63) is 41.3 Å². The molecule has 0 bridgehead atoms. The first-order chi connectivity index (χ1) is 8.27. The maximum atomic E-state index is 11.6. The minimum atomic E-state index is -0.219. The normalized spacial score (nSPS) is 10.4. The molecule has 0 aliphatic carbocycles. The fraction of sp³-hybridized carbons (Fsp3) is 0.273. The van der Waals surface area contributed by atoms with E-state index >= 15 is 0 Å². The third kappa shape index (κ3) is 3.10. The topological polar surface area (TPSA) is 70.9 Å². The number of halogens is 1. The molecule has 90 valence electrons. The maximum absolute atomic E-state index is 11.6. The van der Waals surface area contributed by atoms with E-state index in [0.29, 0.717) is 12.1 Å². The highest BCUT2D eigenvalue weighted by Gasteiger charge is 2.11. The van der Waals surface area contributed by atoms with Crippen LogP contribution in [0.1, 0.15) is 22.6 Å². The van der Waals surface area contributed by atoms with E-state index in [2.05, 4.69) is 15.3 Å². The second-order valence-electron chi connectivity index (χ2n) is 3.50. The van der Waals surface area contributed by atoms with E-state index < -0.39 is 0 Å². The van der Waals surface area contributed by atoms with Crippen molar-refractivity contribution in [3.8, 4) is 0 Å². The number of hydrogen-bond acceptors (Lipinski definition) is 3. The van der Waals surface area contributed by atoms with Gasteiger partial charge in [0.1, 0.15) is 5.82 Å². The van der Waals surface area contributed by atoms with Crippen molar-refractivity contribution < 1.29 is 9.21 Å². The Kier molecular flexibility index (Phi) is 3.82. The lowest BCUT2D eigenvalue weighted by Crippen LogP contribution is -2.24. The van der Waals surface area contributed by atoms with E-state index in [0.717, 1.165) is 18.7 Å². The zero-order chi connectivity index (χ0) is 12.1. The molecular weight excluding hydrogens is 242 g/mol. The van der Waals surface area contributed by atoms with E-state index in [9.17, 15) is 4.79 Å². The molecule has 2 N–H and O–H groups in total. The summed E-state index contributed by atoms with van der Waals surface area (Å²) < 4.78 is 4.84. The highest BCUT2D eigenvalue weighted by atomic mass is 35.5. The van der Waals surface area contributed by atoms with Crippen molar-refractivity contribution in [3.63, 3.8) is 0 Å². The minimum Gasteiger partial charge on any atom is -0.452 e. The van der Waals surface area contributed by atoms with E-state index in [1.807, 2.05) is 0 Å². The van der Waals surface area contributed by atoms with Gasteiger partial charge in [-0.3, -0.25) is 4.79 Å². The molecule has 2 rings (SSSR count). The van der Waals surface area contributed by atoms with Gasteiger partial charge in [-0.25, -0.2) is 4.98 Å². The first-order valence-electron chi connectivity index (χ1n) is 5.27. The summed E-state index contributed by atoms with van der Waals surface area (Å²) in [6.07, 6.45) is 6.49. The number of rotatable bonds is 5. The van der Waals surface area contributed by atoms with Crippen LogP contribution in [0, 0.1) is 0 Å². The van der Waals surface area contributed by atoms with Crippen LogP contribution in [0.25, 0.3) is 0 Å². The molecule has 1 amide bonds. The van der Waals surface area contributed by atoms with Crippen LogP contribution in [-0.2, 0) is 6.42 Å². The first-order valence-corrected chi connectivity index (χ1v) is 5.64. The number of amides is 1. The van der Waals surface area contributed by atoms with Gasteiger partial charge in [0.05, 0.1) is 11.8 Å². The van der Waals surface area contributed by atoms with E-state index in [4.69, 9.17) is 16.0 Å². The standard InChI is InChI=1S/C11H12ClN3O2/c12-10-8(3-7-17-10)11(16)15-4-1-2-9-13-5-6-14-9/h3,5-7H,1-2,4H2,(H,13,14)(H,15,16). The number of carbonyl (C=O) groups excluding carboxylic acids is 1. The van der Waals surface area contributed by atoms with Crippen LogP contribution in [0.15, 0.2) is 29.1 Å². The summed E-state index contributed by atoms with van der Waals surface area (Å²) in [5, 5.41) is 2.88. The summed E-state index contributed by atoms with van der Waals surface area (Å²) in [6.45, 7) is 0.570. The monoisotopic (exact) mass is 253 g/mol. The molecule has 0 saturated carbocycles. The zero-order valence-electron chi connectivity index (χ0n) is 9.07. The Hall–Kier alpha value is -1.75. The van der Waals surface area contributed by atoms with Gasteiger partial charge in [0, 0.05) is 25.4 Å². The van der Waals surface area contributed by atoms with Crippen LogP contribution in [0.2, 0.25) is 5.22 Å². The number of aromatic nitrogens is 2. The summed E-state index contributed by atoms with van der Waals surface area (Å²) in [7, 11) is 0. The molecule has 0 unspecified atom stereocenters. The van der Waals surface area contributed by atoms with E-state index in [1.165, 1.54) is 6.26 Å². The Labute approximate surface area is 103 Å². The minimum absolute atomic E-state index is 0.119. The van der Waals surface area contributed by atoms with E-state index in [1.54, 1.807) is 18.5 Å². The van der Waals surface area contributed by atoms with Gasteiger partial charge >= 0.3 is 0 Å². The zero-order valence-corrected chi connectivity index (χ0v) is 9.83. The van der Waals surface area contributed by atoms with Crippen molar-refractivity contribution >= 4 is 17.5 Å². The van der Waals surface area contributed by atoms with Crippen molar-refractivity contribution in [2.45, 2.75) is 12.8 Å². The molecule has 6 heteroatoms. The lowest BCUT2D eigenvalue weighted by Gasteiger charge is -2.02. The Morgan fingerprint density at radius 1 is 1.59 bits per heavy atom. The third-order valence-corrected chi connectivity index (χ3v) is 2.59. The molecule has 0 saturated heterocycles. The highest BCUT2D eigenvalue weighted by molar-refractivity contribution is 6.32. The smallest absolute Gasteiger partial charge is 0.256 e. The predicted molar refractivity (Wildman–Crippen MR) is 63.0 cm³/mol. The Bertz CT molecular complexity index is 479. The predicted octanol–water partition coefficient (Wildman–Crippen LogP) is 2.02. The lowest BCUT2D eigenvalue weighted by atomic mass is 10.2. The number of imidazole rings is 1. The lowest BCUT2D eigenvalue weighted by molar-refractivity contribution is 0.0952. The fourth-order valence-corrected chi connectivity index (χ4v) is 1.64. The number of furan rings is 1. The average Bonchev–Trinajstić information content (AvgIpc) is 2.95. The number of aromatic amines is 1. The average molecular weight is 254 g/mol. The largest absolute Gasteiger partial charge is 0.452 e. The Morgan fingerprint density at radius 3 is 3.12 bits per heavy atom. The summed E-state index contributed by atoms with van der Waals surface area (Å²) in [6, 6.07) is 1.55. The van der Waals surface area contributed by atoms with Crippen molar-refractivity contribution in [2.75, 3.05) is 6.54 Å². The summed E-state index contributed by atoms with van der Waals surface area (Å²) in [4.78, 5) is 18.7. The molecule has 0 atom stereocenters. The van der Waals surface area contributed by atoms with Crippen LogP contribution >= 0.6 is 11.6 Å². The second-order valence-corrected chi connectivity index (χ2v) is 3.85. The molecule has 17 heavy (non-hydrogen) atoms. The highest BCUT2D eigenvalue weighted by Crippen LogP contribution is 2.15. The molecule has 0 aliphatic heterocycles. The number of hydrogen-bond donors (Lipinski definition) is 2. The Morgan fingerprint density at radius 2 is 2.47 bits per heavy atom. The molecule has 2 heterocycles. The van der Waals surface area contributed by atoms with Crippen molar-refractivity contribution in [2.24, 2.45) is 0 Å². The summed E-state index contributed by atoms with van der Waals surface area (Å²) in [5.41, 5.74) is 0.365. The molecule has 5 nitrogen and oxygen atoms in total. The van der Waals surface area contributed by atoms with Gasteiger partial charge < -0.3 is 14.7 Å². The molecule has 0 aliphatic rings. The second kappa shape index (κ2) is 5.54. The molecular formula is C11H12ClN3O2. The number of nitrogens with one attached hydrogen (secondary N) is 2. The van der Waals surface area contributed by atoms with Gasteiger partial charge in [-0.2, -0.15) is 0 Å². The maximum Gasteiger partial charge on any atom is 0.256 e. The number of H-pyrrole nitrogens is 1. The van der Waals surface area contributed by atoms with Crippen molar-refractivity contribution in [1.29, 1.82) is 0 Å². The van der Waals surface area contributed by atoms with Crippen molar-refractivity contribution in [1.82, 2.24) is 15.3 Å². The van der Waals surface area contributed by atoms with E-state index in [-0.39, 0.29) is 11.1 Å². The molecule has 0 spiro atoms. The number of aryl methyl sites for hydroxylation is 1. The summed E-state index contributed by atoms with van der Waals surface area (Å²) >= 11 is 5.69. The molecule has 0 fully saturated rings. The van der Waals surface area contributed by atoms with Gasteiger partial charge in [-0.1, -0.05) is 0 Å². The van der Waals surface area contributed by atoms with Gasteiger partial charge in [0.2, 0.25) is 5.22 Å². The SMILES string of the molecule is O=C(NCCCc1ncc[nH]1)c1ccoc1Cl. The number of carbonyl (C=O) groups is 1. The summed E-state index contributed by atoms with van der Waals surface area (Å²) in [5.74, 6) is 0.698. The van der Waals surface area contributed by atoms with Crippen LogP contribution in [0.5, 0.6) is 0 Å². The van der Waals surface area contributed by atoms with Gasteiger partial charge in [0.15, 0.2) is 0 Å². The van der Waals surface area contributed by atoms with Crippen LogP contribution < -0.4 is 5.32 Å². The third-order valence-electron chi connectivity index (χ3n) is 2.29. The van der Waals surface area contributed by atoms with Gasteiger partial charge in [-0.15, -0.1) is 0 Å². The first kappa shape index (κ1) is 11.7. The quantitative estimate of drug-likeness (QED) is 0.801. The van der Waals surface area contributed by atoms with Crippen LogP contribution in [0.4, 0.5) is 0 Å². The Balaban J connectivity index is 1.72. The molecule has 2 aromatic rings. The van der Waals surface area contributed by atoms with Crippen LogP contribution in [-0.4, -0.2) is 22.4 Å². The van der Waals surface area contributed by atoms with Gasteiger partial charge in [0.25, 0.3) is 5.91 Å². The molecule has 0 aromatic carbocycles. The van der Waals surface area contributed by atoms with Crippen LogP contribution in [0.3, 0.4) is 0 Å².